The Morgan fingerprint density at radius 1 is 0.960 bits per heavy atom. The highest BCUT2D eigenvalue weighted by molar-refractivity contribution is 5.89. The van der Waals surface area contributed by atoms with Gasteiger partial charge in [-0.05, 0) is 80.5 Å². The van der Waals surface area contributed by atoms with Crippen LogP contribution >= 0.6 is 0 Å². The Morgan fingerprint density at radius 3 is 2.08 bits per heavy atom. The summed E-state index contributed by atoms with van der Waals surface area (Å²) in [7, 11) is 0. The molecule has 0 bridgehead atoms. The van der Waals surface area contributed by atoms with Crippen LogP contribution in [0.5, 0.6) is 5.75 Å². The molecule has 1 N–H and O–H groups in total. The highest BCUT2D eigenvalue weighted by Gasteiger charge is 2.31. The van der Waals surface area contributed by atoms with E-state index in [-0.39, 0.29) is 17.8 Å². The van der Waals surface area contributed by atoms with Gasteiger partial charge in [-0.25, -0.2) is 4.79 Å². The van der Waals surface area contributed by atoms with Crippen molar-refractivity contribution in [2.24, 2.45) is 17.8 Å². The van der Waals surface area contributed by atoms with E-state index in [0.29, 0.717) is 5.56 Å². The van der Waals surface area contributed by atoms with E-state index in [1.807, 2.05) is 0 Å². The molecule has 0 aliphatic heterocycles. The zero-order valence-corrected chi connectivity index (χ0v) is 15.5. The van der Waals surface area contributed by atoms with E-state index in [2.05, 4.69) is 6.92 Å². The number of hydrogen-bond acceptors (Lipinski definition) is 3. The predicted molar refractivity (Wildman–Crippen MR) is 99.6 cm³/mol. The first kappa shape index (κ1) is 18.3. The Labute approximate surface area is 151 Å². The Morgan fingerprint density at radius 2 is 1.52 bits per heavy atom. The summed E-state index contributed by atoms with van der Waals surface area (Å²) in [6.07, 6.45) is 12.9. The van der Waals surface area contributed by atoms with Gasteiger partial charge in [0.1, 0.15) is 11.9 Å². The molecule has 0 aromatic heterocycles. The summed E-state index contributed by atoms with van der Waals surface area (Å²) in [5, 5.41) is 9.31. The molecule has 0 saturated heterocycles. The summed E-state index contributed by atoms with van der Waals surface area (Å²) >= 11 is 0. The third-order valence-electron chi connectivity index (χ3n) is 6.35. The van der Waals surface area contributed by atoms with Gasteiger partial charge in [-0.15, -0.1) is 0 Å². The SMILES string of the molecule is CCCC1CCC(C2CCC(OC(=O)c3ccc(O)cc3)CC2)CC1. The van der Waals surface area contributed by atoms with Crippen molar-refractivity contribution in [3.05, 3.63) is 29.8 Å². The summed E-state index contributed by atoms with van der Waals surface area (Å²) < 4.78 is 5.68. The number of esters is 1. The summed E-state index contributed by atoms with van der Waals surface area (Å²) in [5.74, 6) is 2.63. The highest BCUT2D eigenvalue weighted by atomic mass is 16.5. The van der Waals surface area contributed by atoms with Crippen molar-refractivity contribution in [1.29, 1.82) is 0 Å². The lowest BCUT2D eigenvalue weighted by Gasteiger charge is -2.37. The quantitative estimate of drug-likeness (QED) is 0.695. The Kier molecular flexibility index (Phi) is 6.39. The number of benzene rings is 1. The molecule has 0 spiro atoms. The van der Waals surface area contributed by atoms with Gasteiger partial charge in [0.15, 0.2) is 0 Å². The van der Waals surface area contributed by atoms with Crippen LogP contribution in [0, 0.1) is 17.8 Å². The van der Waals surface area contributed by atoms with Gasteiger partial charge < -0.3 is 9.84 Å². The normalized spacial score (nSPS) is 30.0. The van der Waals surface area contributed by atoms with E-state index in [1.165, 1.54) is 63.5 Å². The molecule has 1 aromatic rings. The van der Waals surface area contributed by atoms with E-state index in [0.717, 1.165) is 30.6 Å². The summed E-state index contributed by atoms with van der Waals surface area (Å²) in [5.41, 5.74) is 0.522. The zero-order chi connectivity index (χ0) is 17.6. The fourth-order valence-electron chi connectivity index (χ4n) is 4.85. The molecule has 0 radical (unpaired) electrons. The molecule has 0 unspecified atom stereocenters. The number of hydrogen-bond donors (Lipinski definition) is 1. The number of carbonyl (C=O) groups excluding carboxylic acids is 1. The van der Waals surface area contributed by atoms with Crippen molar-refractivity contribution in [3.63, 3.8) is 0 Å². The molecule has 1 aromatic carbocycles. The number of ether oxygens (including phenoxy) is 1. The summed E-state index contributed by atoms with van der Waals surface area (Å²) in [4.78, 5) is 12.2. The first-order valence-corrected chi connectivity index (χ1v) is 10.2. The third kappa shape index (κ3) is 4.99. The Bertz CT molecular complexity index is 535. The minimum atomic E-state index is -0.261. The maximum absolute atomic E-state index is 12.2. The lowest BCUT2D eigenvalue weighted by molar-refractivity contribution is 0.0109. The first-order valence-electron chi connectivity index (χ1n) is 10.2. The maximum Gasteiger partial charge on any atom is 0.338 e. The number of phenolic OH excluding ortho intramolecular Hbond substituents is 1. The van der Waals surface area contributed by atoms with Gasteiger partial charge in [-0.3, -0.25) is 0 Å². The van der Waals surface area contributed by atoms with Gasteiger partial charge in [-0.1, -0.05) is 32.6 Å². The van der Waals surface area contributed by atoms with Crippen LogP contribution in [0.4, 0.5) is 0 Å². The fourth-order valence-corrected chi connectivity index (χ4v) is 4.85. The predicted octanol–water partition coefficient (Wildman–Crippen LogP) is 5.71. The average Bonchev–Trinajstić information content (AvgIpc) is 2.64. The van der Waals surface area contributed by atoms with Gasteiger partial charge in [0, 0.05) is 0 Å². The van der Waals surface area contributed by atoms with E-state index in [9.17, 15) is 9.90 Å². The third-order valence-corrected chi connectivity index (χ3v) is 6.35. The monoisotopic (exact) mass is 344 g/mol. The van der Waals surface area contributed by atoms with Gasteiger partial charge in [-0.2, -0.15) is 0 Å². The second kappa shape index (κ2) is 8.73. The van der Waals surface area contributed by atoms with Crippen molar-refractivity contribution in [2.75, 3.05) is 0 Å². The van der Waals surface area contributed by atoms with E-state index in [4.69, 9.17) is 4.74 Å². The van der Waals surface area contributed by atoms with E-state index >= 15 is 0 Å². The fraction of sp³-hybridized carbons (Fsp3) is 0.682. The molecule has 2 aliphatic rings. The molecular formula is C22H32O3. The van der Waals surface area contributed by atoms with Crippen molar-refractivity contribution in [3.8, 4) is 5.75 Å². The molecule has 0 amide bonds. The second-order valence-corrected chi connectivity index (χ2v) is 8.06. The highest BCUT2D eigenvalue weighted by Crippen LogP contribution is 2.41. The number of phenols is 1. The molecule has 2 saturated carbocycles. The first-order chi connectivity index (χ1) is 12.2. The largest absolute Gasteiger partial charge is 0.508 e. The van der Waals surface area contributed by atoms with E-state index in [1.54, 1.807) is 12.1 Å². The molecule has 3 rings (SSSR count). The lowest BCUT2D eigenvalue weighted by atomic mass is 9.70. The van der Waals surface area contributed by atoms with Crippen LogP contribution in [0.3, 0.4) is 0 Å². The lowest BCUT2D eigenvalue weighted by Crippen LogP contribution is -2.29. The van der Waals surface area contributed by atoms with Crippen LogP contribution in [0.25, 0.3) is 0 Å². The molecule has 25 heavy (non-hydrogen) atoms. The van der Waals surface area contributed by atoms with Crippen LogP contribution in [0.2, 0.25) is 0 Å². The summed E-state index contributed by atoms with van der Waals surface area (Å²) in [6.45, 7) is 2.30. The van der Waals surface area contributed by atoms with Gasteiger partial charge in [0.05, 0.1) is 5.56 Å². The topological polar surface area (TPSA) is 46.5 Å². The van der Waals surface area contributed by atoms with Crippen molar-refractivity contribution < 1.29 is 14.6 Å². The molecule has 0 atom stereocenters. The van der Waals surface area contributed by atoms with Crippen molar-refractivity contribution >= 4 is 5.97 Å². The van der Waals surface area contributed by atoms with Crippen molar-refractivity contribution in [1.82, 2.24) is 0 Å². The van der Waals surface area contributed by atoms with Gasteiger partial charge in [0.2, 0.25) is 0 Å². The molecule has 3 heteroatoms. The average molecular weight is 344 g/mol. The van der Waals surface area contributed by atoms with Crippen LogP contribution < -0.4 is 0 Å². The molecule has 138 valence electrons. The standard InChI is InChI=1S/C22H32O3/c1-2-3-16-4-6-17(7-5-16)18-10-14-21(15-11-18)25-22(24)19-8-12-20(23)13-9-19/h8-9,12-13,16-18,21,23H,2-7,10-11,14-15H2,1H3. The maximum atomic E-state index is 12.2. The van der Waals surface area contributed by atoms with Crippen LogP contribution in [0.15, 0.2) is 24.3 Å². The van der Waals surface area contributed by atoms with E-state index < -0.39 is 0 Å². The molecular weight excluding hydrogens is 312 g/mol. The smallest absolute Gasteiger partial charge is 0.338 e. The van der Waals surface area contributed by atoms with Crippen molar-refractivity contribution in [2.45, 2.75) is 77.2 Å². The Hall–Kier alpha value is -1.51. The summed E-state index contributed by atoms with van der Waals surface area (Å²) in [6, 6.07) is 6.31. The van der Waals surface area contributed by atoms with Crippen LogP contribution in [0.1, 0.15) is 81.5 Å². The number of carbonyl (C=O) groups is 1. The minimum absolute atomic E-state index is 0.0639. The number of rotatable bonds is 5. The second-order valence-electron chi connectivity index (χ2n) is 8.06. The zero-order valence-electron chi connectivity index (χ0n) is 15.5. The molecule has 2 fully saturated rings. The minimum Gasteiger partial charge on any atom is -0.508 e. The van der Waals surface area contributed by atoms with Crippen LogP contribution in [-0.4, -0.2) is 17.2 Å². The number of aromatic hydroxyl groups is 1. The molecule has 2 aliphatic carbocycles. The molecule has 3 nitrogen and oxygen atoms in total. The Balaban J connectivity index is 1.41. The van der Waals surface area contributed by atoms with Crippen LogP contribution in [-0.2, 0) is 4.74 Å². The van der Waals surface area contributed by atoms with Gasteiger partial charge >= 0.3 is 5.97 Å². The molecule has 0 heterocycles. The van der Waals surface area contributed by atoms with Gasteiger partial charge in [0.25, 0.3) is 0 Å².